The maximum Gasteiger partial charge on any atom is 0.331 e. The largest absolute Gasteiger partial charge is 0.493 e. The summed E-state index contributed by atoms with van der Waals surface area (Å²) in [5.74, 6) is -0.372. The number of methoxy groups -OCH3 is 2. The fourth-order valence-electron chi connectivity index (χ4n) is 1.85. The fraction of sp³-hybridized carbons (Fsp3) is 0.214. The molecule has 7 heteroatoms. The van der Waals surface area contributed by atoms with Crippen molar-refractivity contribution in [1.29, 1.82) is 0 Å². The van der Waals surface area contributed by atoms with E-state index in [4.69, 9.17) is 9.47 Å². The van der Waals surface area contributed by atoms with Crippen molar-refractivity contribution in [2.75, 3.05) is 21.3 Å². The molecule has 0 aromatic heterocycles. The lowest BCUT2D eigenvalue weighted by molar-refractivity contribution is -0.129. The zero-order valence-electron chi connectivity index (χ0n) is 11.8. The number of carbonyl (C=O) groups is 3. The Morgan fingerprint density at radius 3 is 2.38 bits per heavy atom. The SMILES string of the molecule is COc1ccc(/C=C2\C(=O)NC(=O)N(C)C2=O)cc1OC. The van der Waals surface area contributed by atoms with E-state index in [1.165, 1.54) is 27.3 Å². The molecule has 4 amide bonds. The Balaban J connectivity index is 2.41. The van der Waals surface area contributed by atoms with Crippen LogP contribution in [0.2, 0.25) is 0 Å². The molecule has 1 aliphatic heterocycles. The van der Waals surface area contributed by atoms with Gasteiger partial charge < -0.3 is 9.47 Å². The van der Waals surface area contributed by atoms with Gasteiger partial charge in [0.1, 0.15) is 5.57 Å². The Morgan fingerprint density at radius 2 is 1.76 bits per heavy atom. The average Bonchev–Trinajstić information content (AvgIpc) is 2.49. The molecule has 110 valence electrons. The molecule has 0 spiro atoms. The molecule has 0 saturated carbocycles. The molecule has 1 heterocycles. The van der Waals surface area contributed by atoms with Gasteiger partial charge in [0, 0.05) is 7.05 Å². The van der Waals surface area contributed by atoms with Crippen LogP contribution in [0.5, 0.6) is 11.5 Å². The molecule has 0 atom stereocenters. The van der Waals surface area contributed by atoms with Gasteiger partial charge in [-0.3, -0.25) is 19.8 Å². The number of nitrogens with one attached hydrogen (secondary N) is 1. The molecule has 0 radical (unpaired) electrons. The van der Waals surface area contributed by atoms with Crippen molar-refractivity contribution < 1.29 is 23.9 Å². The standard InChI is InChI=1S/C14H14N2O5/c1-16-13(18)9(12(17)15-14(16)19)6-8-4-5-10(20-2)11(7-8)21-3/h4-7H,1-3H3,(H,15,17,19)/b9-6+. The second-order valence-corrected chi connectivity index (χ2v) is 4.30. The summed E-state index contributed by atoms with van der Waals surface area (Å²) in [5, 5.41) is 2.08. The zero-order chi connectivity index (χ0) is 15.6. The Hall–Kier alpha value is -2.83. The predicted octanol–water partition coefficient (Wildman–Crippen LogP) is 0.795. The Bertz CT molecular complexity index is 651. The lowest BCUT2D eigenvalue weighted by atomic mass is 10.1. The first-order valence-corrected chi connectivity index (χ1v) is 6.05. The van der Waals surface area contributed by atoms with Gasteiger partial charge in [-0.25, -0.2) is 4.79 Å². The van der Waals surface area contributed by atoms with Crippen LogP contribution in [-0.2, 0) is 9.59 Å². The number of rotatable bonds is 3. The lowest BCUT2D eigenvalue weighted by Crippen LogP contribution is -2.52. The molecule has 0 unspecified atom stereocenters. The normalized spacial score (nSPS) is 17.0. The van der Waals surface area contributed by atoms with Gasteiger partial charge >= 0.3 is 6.03 Å². The number of imide groups is 2. The molecule has 1 aliphatic rings. The van der Waals surface area contributed by atoms with E-state index in [0.717, 1.165) is 4.90 Å². The predicted molar refractivity (Wildman–Crippen MR) is 73.8 cm³/mol. The number of ether oxygens (including phenoxy) is 2. The van der Waals surface area contributed by atoms with Crippen molar-refractivity contribution in [1.82, 2.24) is 10.2 Å². The summed E-state index contributed by atoms with van der Waals surface area (Å²) in [5.41, 5.74) is 0.457. The smallest absolute Gasteiger partial charge is 0.331 e. The monoisotopic (exact) mass is 290 g/mol. The minimum absolute atomic E-state index is 0.121. The van der Waals surface area contributed by atoms with Crippen molar-refractivity contribution >= 4 is 23.9 Å². The molecule has 1 fully saturated rings. The molecule has 0 bridgehead atoms. The highest BCUT2D eigenvalue weighted by Crippen LogP contribution is 2.28. The summed E-state index contributed by atoms with van der Waals surface area (Å²) in [7, 11) is 4.29. The molecule has 1 N–H and O–H groups in total. The van der Waals surface area contributed by atoms with Gasteiger partial charge in [-0.2, -0.15) is 0 Å². The third kappa shape index (κ3) is 2.71. The second-order valence-electron chi connectivity index (χ2n) is 4.30. The number of hydrogen-bond acceptors (Lipinski definition) is 5. The van der Waals surface area contributed by atoms with Crippen LogP contribution in [0.1, 0.15) is 5.56 Å². The second kappa shape index (κ2) is 5.66. The quantitative estimate of drug-likeness (QED) is 0.657. The molecule has 0 aliphatic carbocycles. The first-order chi connectivity index (χ1) is 9.97. The first-order valence-electron chi connectivity index (χ1n) is 6.05. The summed E-state index contributed by atoms with van der Waals surface area (Å²) in [6.07, 6.45) is 1.39. The number of barbiturate groups is 1. The summed E-state index contributed by atoms with van der Waals surface area (Å²) in [6.45, 7) is 0. The van der Waals surface area contributed by atoms with E-state index in [0.29, 0.717) is 17.1 Å². The average molecular weight is 290 g/mol. The Morgan fingerprint density at radius 1 is 1.10 bits per heavy atom. The van der Waals surface area contributed by atoms with Crippen LogP contribution in [0.15, 0.2) is 23.8 Å². The minimum Gasteiger partial charge on any atom is -0.493 e. The van der Waals surface area contributed by atoms with Crippen molar-refractivity contribution in [3.05, 3.63) is 29.3 Å². The van der Waals surface area contributed by atoms with Crippen molar-refractivity contribution in [2.45, 2.75) is 0 Å². The maximum atomic E-state index is 11.9. The lowest BCUT2D eigenvalue weighted by Gasteiger charge is -2.22. The number of likely N-dealkylation sites (N-methyl/N-ethyl adjacent to an activating group) is 1. The Kier molecular flexibility index (Phi) is 3.93. The molecule has 1 aromatic rings. The zero-order valence-corrected chi connectivity index (χ0v) is 11.8. The van der Waals surface area contributed by atoms with Gasteiger partial charge in [0.05, 0.1) is 14.2 Å². The van der Waals surface area contributed by atoms with E-state index < -0.39 is 17.8 Å². The summed E-state index contributed by atoms with van der Waals surface area (Å²) >= 11 is 0. The molecule has 7 nitrogen and oxygen atoms in total. The molecule has 2 rings (SSSR count). The van der Waals surface area contributed by atoms with Gasteiger partial charge in [0.15, 0.2) is 11.5 Å². The van der Waals surface area contributed by atoms with Crippen LogP contribution in [-0.4, -0.2) is 44.0 Å². The highest BCUT2D eigenvalue weighted by molar-refractivity contribution is 6.30. The van der Waals surface area contributed by atoms with Gasteiger partial charge in [-0.05, 0) is 23.8 Å². The van der Waals surface area contributed by atoms with E-state index in [2.05, 4.69) is 5.32 Å². The molecule has 1 saturated heterocycles. The summed E-state index contributed by atoms with van der Waals surface area (Å²) < 4.78 is 10.3. The van der Waals surface area contributed by atoms with Gasteiger partial charge in [0.25, 0.3) is 11.8 Å². The van der Waals surface area contributed by atoms with E-state index in [1.807, 2.05) is 0 Å². The van der Waals surface area contributed by atoms with Gasteiger partial charge in [-0.15, -0.1) is 0 Å². The van der Waals surface area contributed by atoms with Gasteiger partial charge in [-0.1, -0.05) is 6.07 Å². The highest BCUT2D eigenvalue weighted by atomic mass is 16.5. The van der Waals surface area contributed by atoms with Crippen LogP contribution in [0.4, 0.5) is 4.79 Å². The third-order valence-electron chi connectivity index (χ3n) is 3.02. The van der Waals surface area contributed by atoms with Crippen LogP contribution in [0, 0.1) is 0 Å². The van der Waals surface area contributed by atoms with Crippen LogP contribution in [0.25, 0.3) is 6.08 Å². The fourth-order valence-corrected chi connectivity index (χ4v) is 1.85. The van der Waals surface area contributed by atoms with Crippen LogP contribution in [0.3, 0.4) is 0 Å². The van der Waals surface area contributed by atoms with E-state index >= 15 is 0 Å². The van der Waals surface area contributed by atoms with Crippen LogP contribution < -0.4 is 14.8 Å². The van der Waals surface area contributed by atoms with E-state index in [-0.39, 0.29) is 5.57 Å². The molecular formula is C14H14N2O5. The van der Waals surface area contributed by atoms with E-state index in [9.17, 15) is 14.4 Å². The van der Waals surface area contributed by atoms with Crippen LogP contribution >= 0.6 is 0 Å². The number of amides is 4. The Labute approximate surface area is 121 Å². The highest BCUT2D eigenvalue weighted by Gasteiger charge is 2.32. The number of hydrogen-bond donors (Lipinski definition) is 1. The number of benzene rings is 1. The maximum absolute atomic E-state index is 11.9. The van der Waals surface area contributed by atoms with E-state index in [1.54, 1.807) is 18.2 Å². The minimum atomic E-state index is -0.741. The number of carbonyl (C=O) groups excluding carboxylic acids is 3. The first kappa shape index (κ1) is 14.6. The number of urea groups is 1. The van der Waals surface area contributed by atoms with Crippen molar-refractivity contribution in [3.63, 3.8) is 0 Å². The molecule has 21 heavy (non-hydrogen) atoms. The van der Waals surface area contributed by atoms with Crippen molar-refractivity contribution in [2.24, 2.45) is 0 Å². The topological polar surface area (TPSA) is 84.9 Å². The molecule has 1 aromatic carbocycles. The van der Waals surface area contributed by atoms with Gasteiger partial charge in [0.2, 0.25) is 0 Å². The summed E-state index contributed by atoms with van der Waals surface area (Å²) in [4.78, 5) is 35.8. The summed E-state index contributed by atoms with van der Waals surface area (Å²) in [6, 6.07) is 4.22. The van der Waals surface area contributed by atoms with Crippen molar-refractivity contribution in [3.8, 4) is 11.5 Å². The molecular weight excluding hydrogens is 276 g/mol. The third-order valence-corrected chi connectivity index (χ3v) is 3.02. The number of nitrogens with zero attached hydrogens (tertiary/aromatic N) is 1.